The van der Waals surface area contributed by atoms with Crippen LogP contribution in [0.5, 0.6) is 5.75 Å². The lowest BCUT2D eigenvalue weighted by Crippen LogP contribution is -2.16. The van der Waals surface area contributed by atoms with E-state index < -0.39 is 11.7 Å². The van der Waals surface area contributed by atoms with Crippen LogP contribution in [0.1, 0.15) is 23.2 Å². The first-order chi connectivity index (χ1) is 17.3. The summed E-state index contributed by atoms with van der Waals surface area (Å²) in [5.41, 5.74) is 1.10. The number of aryl methyl sites for hydroxylation is 2. The second kappa shape index (κ2) is 11.0. The number of rotatable bonds is 9. The number of nitrogens with zero attached hydrogens (tertiary/aromatic N) is 5. The van der Waals surface area contributed by atoms with Crippen molar-refractivity contribution in [2.45, 2.75) is 19.4 Å². The molecule has 3 heterocycles. The summed E-state index contributed by atoms with van der Waals surface area (Å²) in [6.07, 6.45) is 4.12. The first-order valence-corrected chi connectivity index (χ1v) is 12.0. The highest BCUT2D eigenvalue weighted by molar-refractivity contribution is 7.13. The van der Waals surface area contributed by atoms with Crippen LogP contribution >= 0.6 is 22.9 Å². The smallest absolute Gasteiger partial charge is 0.326 e. The highest BCUT2D eigenvalue weighted by atomic mass is 35.5. The van der Waals surface area contributed by atoms with Crippen molar-refractivity contribution in [3.8, 4) is 28.3 Å². The van der Waals surface area contributed by atoms with Gasteiger partial charge in [0.05, 0.1) is 29.0 Å². The SMILES string of the molecule is COc1ccc(Cl)c(F)c1-c1cc(-c2ccn(C)n2)ncc1C(=O)Nc1nn(CCCCO)c(=O)s1. The molecule has 1 amide bonds. The number of hydrogen-bond donors (Lipinski definition) is 2. The fourth-order valence-electron chi connectivity index (χ4n) is 3.52. The maximum Gasteiger partial charge on any atom is 0.326 e. The number of pyridine rings is 1. The number of unbranched alkanes of at least 4 members (excludes halogenated alkanes) is 1. The number of nitrogens with one attached hydrogen (secondary N) is 1. The zero-order valence-corrected chi connectivity index (χ0v) is 20.9. The van der Waals surface area contributed by atoms with Gasteiger partial charge in [-0.3, -0.25) is 24.6 Å². The molecule has 3 aromatic heterocycles. The highest BCUT2D eigenvalue weighted by Crippen LogP contribution is 2.39. The zero-order valence-electron chi connectivity index (χ0n) is 19.4. The normalized spacial score (nSPS) is 11.0. The van der Waals surface area contributed by atoms with Gasteiger partial charge in [0, 0.05) is 38.2 Å². The van der Waals surface area contributed by atoms with E-state index in [1.807, 2.05) is 0 Å². The Morgan fingerprint density at radius 3 is 2.75 bits per heavy atom. The number of hydrogen-bond acceptors (Lipinski definition) is 8. The van der Waals surface area contributed by atoms with Crippen molar-refractivity contribution >= 4 is 34.0 Å². The summed E-state index contributed by atoms with van der Waals surface area (Å²) in [5.74, 6) is -1.24. The summed E-state index contributed by atoms with van der Waals surface area (Å²) >= 11 is 6.82. The molecule has 0 unspecified atom stereocenters. The van der Waals surface area contributed by atoms with E-state index in [-0.39, 0.29) is 44.1 Å². The number of anilines is 1. The number of carbonyl (C=O) groups is 1. The number of amides is 1. The monoisotopic (exact) mass is 532 g/mol. The Labute approximate surface area is 213 Å². The van der Waals surface area contributed by atoms with Gasteiger partial charge in [-0.2, -0.15) is 5.10 Å². The highest BCUT2D eigenvalue weighted by Gasteiger charge is 2.24. The van der Waals surface area contributed by atoms with Gasteiger partial charge in [-0.15, -0.1) is 5.10 Å². The maximum atomic E-state index is 15.3. The summed E-state index contributed by atoms with van der Waals surface area (Å²) in [6.45, 7) is 0.318. The summed E-state index contributed by atoms with van der Waals surface area (Å²) < 4.78 is 23.5. The number of benzene rings is 1. The minimum absolute atomic E-state index is 0.0102. The van der Waals surface area contributed by atoms with Crippen LogP contribution in [0, 0.1) is 5.82 Å². The van der Waals surface area contributed by atoms with Gasteiger partial charge in [0.2, 0.25) is 5.13 Å². The van der Waals surface area contributed by atoms with Gasteiger partial charge in [-0.1, -0.05) is 11.6 Å². The van der Waals surface area contributed by atoms with Crippen LogP contribution in [0.2, 0.25) is 5.02 Å². The predicted molar refractivity (Wildman–Crippen MR) is 134 cm³/mol. The van der Waals surface area contributed by atoms with Crippen molar-refractivity contribution in [3.05, 3.63) is 62.7 Å². The average molecular weight is 533 g/mol. The molecule has 1 aromatic carbocycles. The minimum Gasteiger partial charge on any atom is -0.496 e. The quantitative estimate of drug-likeness (QED) is 0.316. The van der Waals surface area contributed by atoms with E-state index in [4.69, 9.17) is 21.4 Å². The Balaban J connectivity index is 1.77. The molecule has 0 atom stereocenters. The van der Waals surface area contributed by atoms with Gasteiger partial charge in [0.25, 0.3) is 5.91 Å². The average Bonchev–Trinajstić information content (AvgIpc) is 3.45. The first kappa shape index (κ1) is 25.5. The molecule has 0 saturated carbocycles. The molecule has 188 valence electrons. The Kier molecular flexibility index (Phi) is 7.77. The fourth-order valence-corrected chi connectivity index (χ4v) is 4.37. The van der Waals surface area contributed by atoms with E-state index in [9.17, 15) is 9.59 Å². The van der Waals surface area contributed by atoms with Gasteiger partial charge >= 0.3 is 4.87 Å². The van der Waals surface area contributed by atoms with E-state index in [2.05, 4.69) is 20.5 Å². The number of halogens is 2. The van der Waals surface area contributed by atoms with Gasteiger partial charge in [-0.25, -0.2) is 9.07 Å². The number of methoxy groups -OCH3 is 1. The predicted octanol–water partition coefficient (Wildman–Crippen LogP) is 3.59. The van der Waals surface area contributed by atoms with E-state index in [0.717, 1.165) is 11.3 Å². The number of aromatic nitrogens is 5. The Morgan fingerprint density at radius 1 is 1.25 bits per heavy atom. The van der Waals surface area contributed by atoms with E-state index in [1.165, 1.54) is 36.2 Å². The van der Waals surface area contributed by atoms with Crippen LogP contribution in [-0.4, -0.2) is 49.3 Å². The number of carbonyl (C=O) groups excluding carboxylic acids is 1. The molecular formula is C23H22ClFN6O4S. The number of aliphatic hydroxyl groups is 1. The molecule has 0 aliphatic rings. The van der Waals surface area contributed by atoms with Gasteiger partial charge in [0.15, 0.2) is 5.82 Å². The first-order valence-electron chi connectivity index (χ1n) is 10.8. The van der Waals surface area contributed by atoms with Crippen LogP contribution < -0.4 is 14.9 Å². The topological polar surface area (TPSA) is 124 Å². The van der Waals surface area contributed by atoms with Crippen molar-refractivity contribution in [2.24, 2.45) is 7.05 Å². The molecule has 13 heteroatoms. The third-order valence-corrected chi connectivity index (χ3v) is 6.33. The van der Waals surface area contributed by atoms with Crippen LogP contribution in [0.4, 0.5) is 9.52 Å². The maximum absolute atomic E-state index is 15.3. The second-order valence-electron chi connectivity index (χ2n) is 7.71. The molecule has 0 saturated heterocycles. The molecule has 0 fully saturated rings. The molecule has 2 N–H and O–H groups in total. The summed E-state index contributed by atoms with van der Waals surface area (Å²) in [6, 6.07) is 6.13. The molecule has 0 aliphatic carbocycles. The van der Waals surface area contributed by atoms with Gasteiger partial charge in [-0.05, 0) is 48.4 Å². The largest absolute Gasteiger partial charge is 0.496 e. The molecule has 10 nitrogen and oxygen atoms in total. The Bertz CT molecular complexity index is 1470. The van der Waals surface area contributed by atoms with E-state index in [0.29, 0.717) is 30.8 Å². The van der Waals surface area contributed by atoms with Crippen molar-refractivity contribution in [1.82, 2.24) is 24.5 Å². The van der Waals surface area contributed by atoms with Crippen LogP contribution in [0.15, 0.2) is 41.5 Å². The molecular weight excluding hydrogens is 511 g/mol. The second-order valence-corrected chi connectivity index (χ2v) is 9.06. The summed E-state index contributed by atoms with van der Waals surface area (Å²) in [7, 11) is 3.13. The third-order valence-electron chi connectivity index (χ3n) is 5.28. The van der Waals surface area contributed by atoms with Gasteiger partial charge < -0.3 is 9.84 Å². The lowest BCUT2D eigenvalue weighted by Gasteiger charge is -2.15. The standard InChI is InChI=1S/C23H22ClFN6O4S/c1-30-9-7-16(28-30)17-11-13(19-18(35-2)6-5-15(24)20(19)25)14(12-26-17)21(33)27-22-29-31(23(34)36-22)8-3-4-10-32/h5-7,9,11-12,32H,3-4,8,10H2,1-2H3,(H,27,29,33). The fraction of sp³-hybridized carbons (Fsp3) is 0.261. The van der Waals surface area contributed by atoms with E-state index >= 15 is 4.39 Å². The van der Waals surface area contributed by atoms with Crippen molar-refractivity contribution in [3.63, 3.8) is 0 Å². The summed E-state index contributed by atoms with van der Waals surface area (Å²) in [4.78, 5) is 29.5. The lowest BCUT2D eigenvalue weighted by atomic mass is 9.98. The Morgan fingerprint density at radius 2 is 2.06 bits per heavy atom. The molecule has 0 radical (unpaired) electrons. The number of aliphatic hydroxyl groups excluding tert-OH is 1. The van der Waals surface area contributed by atoms with Crippen LogP contribution in [-0.2, 0) is 13.6 Å². The van der Waals surface area contributed by atoms with Crippen LogP contribution in [0.25, 0.3) is 22.5 Å². The minimum atomic E-state index is -0.763. The van der Waals surface area contributed by atoms with E-state index in [1.54, 1.807) is 24.0 Å². The van der Waals surface area contributed by atoms with Gasteiger partial charge in [0.1, 0.15) is 11.4 Å². The van der Waals surface area contributed by atoms with Crippen LogP contribution in [0.3, 0.4) is 0 Å². The van der Waals surface area contributed by atoms with Crippen molar-refractivity contribution in [2.75, 3.05) is 19.0 Å². The zero-order chi connectivity index (χ0) is 25.8. The third kappa shape index (κ3) is 5.30. The molecule has 4 rings (SSSR count). The van der Waals surface area contributed by atoms with Crippen molar-refractivity contribution in [1.29, 1.82) is 0 Å². The molecule has 0 spiro atoms. The molecule has 0 aliphatic heterocycles. The van der Waals surface area contributed by atoms with Crippen molar-refractivity contribution < 1.29 is 19.0 Å². The Hall–Kier alpha value is -3.61. The number of ether oxygens (including phenoxy) is 1. The molecule has 0 bridgehead atoms. The lowest BCUT2D eigenvalue weighted by molar-refractivity contribution is 0.102. The summed E-state index contributed by atoms with van der Waals surface area (Å²) in [5, 5.41) is 19.9. The molecule has 36 heavy (non-hydrogen) atoms. The molecule has 4 aromatic rings.